The quantitative estimate of drug-likeness (QED) is 0.823. The zero-order chi connectivity index (χ0) is 12.4. The standard InChI is InChI=1S/C15H21FO/c1-10-4-3-5-12(8-10)15(17)13-9-11(2)6-7-14(13)16/h6-7,9-10,12,15,17H,3-5,8H2,1-2H3. The molecule has 0 radical (unpaired) electrons. The van der Waals surface area contributed by atoms with E-state index in [1.165, 1.54) is 12.5 Å². The molecule has 1 aliphatic rings. The highest BCUT2D eigenvalue weighted by molar-refractivity contribution is 5.26. The van der Waals surface area contributed by atoms with E-state index in [4.69, 9.17) is 0 Å². The van der Waals surface area contributed by atoms with E-state index in [9.17, 15) is 9.50 Å². The number of hydrogen-bond acceptors (Lipinski definition) is 1. The molecule has 3 atom stereocenters. The number of aryl methyl sites for hydroxylation is 1. The van der Waals surface area contributed by atoms with E-state index in [2.05, 4.69) is 6.92 Å². The molecular formula is C15H21FO. The van der Waals surface area contributed by atoms with Crippen LogP contribution < -0.4 is 0 Å². The molecule has 0 spiro atoms. The highest BCUT2D eigenvalue weighted by Crippen LogP contribution is 2.37. The van der Waals surface area contributed by atoms with Gasteiger partial charge in [-0.2, -0.15) is 0 Å². The molecule has 2 heteroatoms. The topological polar surface area (TPSA) is 20.2 Å². The molecule has 1 fully saturated rings. The molecule has 0 bridgehead atoms. The summed E-state index contributed by atoms with van der Waals surface area (Å²) in [4.78, 5) is 0. The minimum absolute atomic E-state index is 0.218. The van der Waals surface area contributed by atoms with Crippen LogP contribution in [0.2, 0.25) is 0 Å². The molecule has 94 valence electrons. The van der Waals surface area contributed by atoms with Crippen molar-refractivity contribution < 1.29 is 9.50 Å². The van der Waals surface area contributed by atoms with Crippen molar-refractivity contribution in [2.75, 3.05) is 0 Å². The zero-order valence-electron chi connectivity index (χ0n) is 10.6. The molecule has 0 aromatic heterocycles. The van der Waals surface area contributed by atoms with Crippen LogP contribution in [0.5, 0.6) is 0 Å². The second-order valence-electron chi connectivity index (χ2n) is 5.50. The average molecular weight is 236 g/mol. The summed E-state index contributed by atoms with van der Waals surface area (Å²) in [5, 5.41) is 10.3. The summed E-state index contributed by atoms with van der Waals surface area (Å²) in [6.45, 7) is 4.14. The molecule has 1 nitrogen and oxygen atoms in total. The number of hydrogen-bond donors (Lipinski definition) is 1. The summed E-state index contributed by atoms with van der Waals surface area (Å²) >= 11 is 0. The van der Waals surface area contributed by atoms with Crippen LogP contribution in [0.3, 0.4) is 0 Å². The van der Waals surface area contributed by atoms with Crippen LogP contribution in [0.1, 0.15) is 49.8 Å². The third kappa shape index (κ3) is 2.86. The van der Waals surface area contributed by atoms with Gasteiger partial charge in [0.1, 0.15) is 5.82 Å². The summed E-state index contributed by atoms with van der Waals surface area (Å²) in [5.41, 5.74) is 1.48. The van der Waals surface area contributed by atoms with Gasteiger partial charge in [0.25, 0.3) is 0 Å². The smallest absolute Gasteiger partial charge is 0.129 e. The van der Waals surface area contributed by atoms with Gasteiger partial charge >= 0.3 is 0 Å². The fourth-order valence-corrected chi connectivity index (χ4v) is 2.91. The van der Waals surface area contributed by atoms with Crippen LogP contribution in [-0.2, 0) is 0 Å². The van der Waals surface area contributed by atoms with Gasteiger partial charge < -0.3 is 5.11 Å². The number of halogens is 1. The fraction of sp³-hybridized carbons (Fsp3) is 0.600. The van der Waals surface area contributed by atoms with Gasteiger partial charge in [-0.15, -0.1) is 0 Å². The molecular weight excluding hydrogens is 215 g/mol. The second kappa shape index (κ2) is 5.18. The average Bonchev–Trinajstić information content (AvgIpc) is 2.31. The summed E-state index contributed by atoms with van der Waals surface area (Å²) in [5.74, 6) is 0.590. The van der Waals surface area contributed by atoms with E-state index < -0.39 is 6.10 Å². The monoisotopic (exact) mass is 236 g/mol. The first-order valence-corrected chi connectivity index (χ1v) is 6.52. The highest BCUT2D eigenvalue weighted by Gasteiger charge is 2.27. The van der Waals surface area contributed by atoms with Gasteiger partial charge in [0.15, 0.2) is 0 Å². The zero-order valence-corrected chi connectivity index (χ0v) is 10.6. The molecule has 1 aliphatic carbocycles. The lowest BCUT2D eigenvalue weighted by Crippen LogP contribution is -2.21. The minimum Gasteiger partial charge on any atom is -0.388 e. The first-order chi connectivity index (χ1) is 8.08. The van der Waals surface area contributed by atoms with Crippen molar-refractivity contribution in [3.63, 3.8) is 0 Å². The Morgan fingerprint density at radius 1 is 1.35 bits per heavy atom. The lowest BCUT2D eigenvalue weighted by molar-refractivity contribution is 0.0685. The largest absolute Gasteiger partial charge is 0.388 e. The van der Waals surface area contributed by atoms with Crippen molar-refractivity contribution in [3.8, 4) is 0 Å². The van der Waals surface area contributed by atoms with Crippen LogP contribution >= 0.6 is 0 Å². The van der Waals surface area contributed by atoms with Gasteiger partial charge in [-0.1, -0.05) is 37.5 Å². The van der Waals surface area contributed by atoms with E-state index in [0.717, 1.165) is 24.8 Å². The van der Waals surface area contributed by atoms with E-state index >= 15 is 0 Å². The van der Waals surface area contributed by atoms with Crippen molar-refractivity contribution in [2.45, 2.75) is 45.6 Å². The van der Waals surface area contributed by atoms with E-state index in [1.54, 1.807) is 12.1 Å². The Morgan fingerprint density at radius 2 is 2.12 bits per heavy atom. The van der Waals surface area contributed by atoms with Crippen LogP contribution in [-0.4, -0.2) is 5.11 Å². The van der Waals surface area contributed by atoms with Gasteiger partial charge in [-0.25, -0.2) is 4.39 Å². The SMILES string of the molecule is Cc1ccc(F)c(C(O)C2CCCC(C)C2)c1. The number of aliphatic hydroxyl groups is 1. The van der Waals surface area contributed by atoms with Crippen LogP contribution in [0, 0.1) is 24.6 Å². The summed E-state index contributed by atoms with van der Waals surface area (Å²) < 4.78 is 13.7. The Morgan fingerprint density at radius 3 is 2.82 bits per heavy atom. The van der Waals surface area contributed by atoms with Crippen LogP contribution in [0.15, 0.2) is 18.2 Å². The normalized spacial score (nSPS) is 26.8. The number of benzene rings is 1. The molecule has 17 heavy (non-hydrogen) atoms. The van der Waals surface area contributed by atoms with Gasteiger partial charge in [0, 0.05) is 5.56 Å². The molecule has 0 saturated heterocycles. The third-order valence-corrected chi connectivity index (χ3v) is 3.89. The third-order valence-electron chi connectivity index (χ3n) is 3.89. The van der Waals surface area contributed by atoms with Gasteiger partial charge in [0.05, 0.1) is 6.10 Å². The van der Waals surface area contributed by atoms with Gasteiger partial charge in [0.2, 0.25) is 0 Å². The minimum atomic E-state index is -0.641. The maximum Gasteiger partial charge on any atom is 0.129 e. The van der Waals surface area contributed by atoms with E-state index in [0.29, 0.717) is 11.5 Å². The van der Waals surface area contributed by atoms with Gasteiger partial charge in [-0.05, 0) is 37.7 Å². The molecule has 0 aliphatic heterocycles. The Hall–Kier alpha value is -0.890. The number of rotatable bonds is 2. The lowest BCUT2D eigenvalue weighted by atomic mass is 9.78. The van der Waals surface area contributed by atoms with Crippen molar-refractivity contribution in [3.05, 3.63) is 35.1 Å². The summed E-state index contributed by atoms with van der Waals surface area (Å²) in [7, 11) is 0. The molecule has 0 amide bonds. The second-order valence-corrected chi connectivity index (χ2v) is 5.50. The van der Waals surface area contributed by atoms with Crippen molar-refractivity contribution in [1.29, 1.82) is 0 Å². The highest BCUT2D eigenvalue weighted by atomic mass is 19.1. The molecule has 1 aromatic rings. The van der Waals surface area contributed by atoms with Crippen molar-refractivity contribution in [2.24, 2.45) is 11.8 Å². The maximum absolute atomic E-state index is 13.7. The first kappa shape index (κ1) is 12.6. The molecule has 3 unspecified atom stereocenters. The Balaban J connectivity index is 2.18. The molecule has 0 heterocycles. The molecule has 1 N–H and O–H groups in total. The van der Waals surface area contributed by atoms with Gasteiger partial charge in [-0.3, -0.25) is 0 Å². The van der Waals surface area contributed by atoms with Crippen LogP contribution in [0.4, 0.5) is 4.39 Å². The van der Waals surface area contributed by atoms with Crippen molar-refractivity contribution in [1.82, 2.24) is 0 Å². The first-order valence-electron chi connectivity index (χ1n) is 6.52. The van der Waals surface area contributed by atoms with Crippen LogP contribution in [0.25, 0.3) is 0 Å². The van der Waals surface area contributed by atoms with Crippen molar-refractivity contribution >= 4 is 0 Å². The predicted octanol–water partition coefficient (Wildman–Crippen LogP) is 3.99. The number of aliphatic hydroxyl groups excluding tert-OH is 1. The Bertz CT molecular complexity index is 389. The van der Waals surface area contributed by atoms with E-state index in [1.807, 2.05) is 6.92 Å². The molecule has 2 rings (SSSR count). The lowest BCUT2D eigenvalue weighted by Gasteiger charge is -2.30. The Labute approximate surface area is 103 Å². The summed E-state index contributed by atoms with van der Waals surface area (Å²) in [6, 6.07) is 4.98. The predicted molar refractivity (Wildman–Crippen MR) is 67.2 cm³/mol. The fourth-order valence-electron chi connectivity index (χ4n) is 2.91. The van der Waals surface area contributed by atoms with E-state index in [-0.39, 0.29) is 11.7 Å². The maximum atomic E-state index is 13.7. The summed E-state index contributed by atoms with van der Waals surface area (Å²) in [6.07, 6.45) is 3.76. The molecule has 1 saturated carbocycles. The Kier molecular flexibility index (Phi) is 3.82. The molecule has 1 aromatic carbocycles.